The van der Waals surface area contributed by atoms with Crippen molar-refractivity contribution in [1.82, 2.24) is 18.8 Å². The molecule has 0 radical (unpaired) electrons. The minimum atomic E-state index is -3.42. The Balaban J connectivity index is 2.10. The summed E-state index contributed by atoms with van der Waals surface area (Å²) in [5, 5.41) is 4.24. The van der Waals surface area contributed by atoms with Crippen LogP contribution in [0.1, 0.15) is 49.9 Å². The van der Waals surface area contributed by atoms with E-state index in [1.807, 2.05) is 11.7 Å². The molecule has 0 aromatic carbocycles. The zero-order valence-corrected chi connectivity index (χ0v) is 13.3. The molecule has 1 aliphatic rings. The molecule has 2 rings (SSSR count). The molecule has 1 atom stereocenters. The Morgan fingerprint density at radius 3 is 3.00 bits per heavy atom. The monoisotopic (exact) mass is 300 g/mol. The molecule has 0 aliphatic heterocycles. The van der Waals surface area contributed by atoms with Crippen molar-refractivity contribution in [3.8, 4) is 0 Å². The molecule has 7 heteroatoms. The van der Waals surface area contributed by atoms with Crippen molar-refractivity contribution < 1.29 is 8.42 Å². The van der Waals surface area contributed by atoms with E-state index >= 15 is 0 Å². The first kappa shape index (κ1) is 15.5. The molecule has 0 spiro atoms. The van der Waals surface area contributed by atoms with Crippen LogP contribution in [-0.4, -0.2) is 36.1 Å². The highest BCUT2D eigenvalue weighted by atomic mass is 32.2. The molecule has 0 bridgehead atoms. The van der Waals surface area contributed by atoms with Gasteiger partial charge in [-0.25, -0.2) is 0 Å². The lowest BCUT2D eigenvalue weighted by Gasteiger charge is -2.26. The van der Waals surface area contributed by atoms with E-state index in [1.54, 1.807) is 13.2 Å². The van der Waals surface area contributed by atoms with E-state index in [2.05, 4.69) is 16.7 Å². The third-order valence-electron chi connectivity index (χ3n) is 3.90. The Bertz CT molecular complexity index is 553. The van der Waals surface area contributed by atoms with Crippen molar-refractivity contribution in [3.05, 3.63) is 17.5 Å². The van der Waals surface area contributed by atoms with Crippen LogP contribution in [0.25, 0.3) is 0 Å². The predicted molar refractivity (Wildman–Crippen MR) is 78.5 cm³/mol. The summed E-state index contributed by atoms with van der Waals surface area (Å²) in [5.74, 6) is 0. The van der Waals surface area contributed by atoms with Gasteiger partial charge >= 0.3 is 0 Å². The summed E-state index contributed by atoms with van der Waals surface area (Å²) >= 11 is 0. The van der Waals surface area contributed by atoms with Crippen molar-refractivity contribution in [3.63, 3.8) is 0 Å². The molecule has 0 saturated heterocycles. The van der Waals surface area contributed by atoms with E-state index in [0.29, 0.717) is 6.54 Å². The van der Waals surface area contributed by atoms with Gasteiger partial charge in [0.25, 0.3) is 10.2 Å². The van der Waals surface area contributed by atoms with Gasteiger partial charge in [-0.05, 0) is 25.7 Å². The Kier molecular flexibility index (Phi) is 4.82. The zero-order chi connectivity index (χ0) is 14.8. The Morgan fingerprint density at radius 1 is 1.55 bits per heavy atom. The highest BCUT2D eigenvalue weighted by molar-refractivity contribution is 7.87. The summed E-state index contributed by atoms with van der Waals surface area (Å²) in [4.78, 5) is 0. The van der Waals surface area contributed by atoms with Crippen LogP contribution in [0.15, 0.2) is 6.20 Å². The van der Waals surface area contributed by atoms with Crippen LogP contribution in [-0.2, 0) is 23.7 Å². The first-order chi connectivity index (χ1) is 9.45. The van der Waals surface area contributed by atoms with Crippen LogP contribution in [0, 0.1) is 0 Å². The number of hydrogen-bond donors (Lipinski definition) is 1. The molecule has 20 heavy (non-hydrogen) atoms. The predicted octanol–water partition coefficient (Wildman–Crippen LogP) is 1.36. The van der Waals surface area contributed by atoms with Crippen molar-refractivity contribution in [1.29, 1.82) is 0 Å². The number of nitrogens with zero attached hydrogens (tertiary/aromatic N) is 3. The highest BCUT2D eigenvalue weighted by Gasteiger charge is 2.28. The van der Waals surface area contributed by atoms with Crippen molar-refractivity contribution >= 4 is 10.2 Å². The van der Waals surface area contributed by atoms with Crippen molar-refractivity contribution in [2.45, 2.75) is 45.1 Å². The lowest BCUT2D eigenvalue weighted by molar-refractivity contribution is 0.427. The molecule has 0 unspecified atom stereocenters. The van der Waals surface area contributed by atoms with Crippen LogP contribution in [0.2, 0.25) is 0 Å². The second kappa shape index (κ2) is 6.24. The minimum absolute atomic E-state index is 0.151. The normalized spacial score (nSPS) is 19.3. The topological polar surface area (TPSA) is 67.2 Å². The SMILES string of the molecule is CCCCN(C)S(=O)(=O)N[C@@H]1CCCc2c1cnn2C. The van der Waals surface area contributed by atoms with Gasteiger partial charge in [-0.2, -0.15) is 22.5 Å². The number of nitrogens with one attached hydrogen (secondary N) is 1. The van der Waals surface area contributed by atoms with Gasteiger partial charge in [0.2, 0.25) is 0 Å². The number of fused-ring (bicyclic) bond motifs is 1. The average molecular weight is 300 g/mol. The standard InChI is InChI=1S/C13H24N4O2S/c1-4-5-9-16(2)20(18,19)15-12-7-6-8-13-11(12)10-14-17(13)3/h10,12,15H,4-9H2,1-3H3/t12-/m1/s1. The average Bonchev–Trinajstić information content (AvgIpc) is 2.79. The first-order valence-electron chi connectivity index (χ1n) is 7.20. The fourth-order valence-corrected chi connectivity index (χ4v) is 3.75. The van der Waals surface area contributed by atoms with Gasteiger partial charge < -0.3 is 0 Å². The fourth-order valence-electron chi connectivity index (χ4n) is 2.60. The van der Waals surface area contributed by atoms with Crippen LogP contribution < -0.4 is 4.72 Å². The number of hydrogen-bond acceptors (Lipinski definition) is 3. The smallest absolute Gasteiger partial charge is 0.272 e. The van der Waals surface area contributed by atoms with Crippen molar-refractivity contribution in [2.24, 2.45) is 7.05 Å². The minimum Gasteiger partial charge on any atom is -0.272 e. The summed E-state index contributed by atoms with van der Waals surface area (Å²) in [7, 11) is 0.116. The quantitative estimate of drug-likeness (QED) is 0.862. The van der Waals surface area contributed by atoms with Crippen LogP contribution >= 0.6 is 0 Å². The summed E-state index contributed by atoms with van der Waals surface area (Å²) < 4.78 is 30.7. The van der Waals surface area contributed by atoms with Crippen LogP contribution in [0.5, 0.6) is 0 Å². The first-order valence-corrected chi connectivity index (χ1v) is 8.64. The van der Waals surface area contributed by atoms with Crippen molar-refractivity contribution in [2.75, 3.05) is 13.6 Å². The summed E-state index contributed by atoms with van der Waals surface area (Å²) in [6.45, 7) is 2.61. The maximum atomic E-state index is 12.3. The third-order valence-corrected chi connectivity index (χ3v) is 5.49. The number of rotatable bonds is 6. The highest BCUT2D eigenvalue weighted by Crippen LogP contribution is 2.29. The van der Waals surface area contributed by atoms with Gasteiger partial charge in [-0.3, -0.25) is 4.68 Å². The molecule has 0 saturated carbocycles. The van der Waals surface area contributed by atoms with Gasteiger partial charge in [0.15, 0.2) is 0 Å². The third kappa shape index (κ3) is 3.21. The molecule has 114 valence electrons. The van der Waals surface area contributed by atoms with E-state index in [0.717, 1.165) is 43.4 Å². The van der Waals surface area contributed by atoms with Gasteiger partial charge in [0, 0.05) is 31.9 Å². The number of unbranched alkanes of at least 4 members (excludes halogenated alkanes) is 1. The summed E-state index contributed by atoms with van der Waals surface area (Å²) in [6, 6.07) is -0.151. The molecule has 1 heterocycles. The van der Waals surface area contributed by atoms with Gasteiger partial charge in [0.05, 0.1) is 12.2 Å². The molecule has 1 aromatic rings. The van der Waals surface area contributed by atoms with Gasteiger partial charge in [0.1, 0.15) is 0 Å². The second-order valence-electron chi connectivity index (χ2n) is 5.41. The van der Waals surface area contributed by atoms with E-state index < -0.39 is 10.2 Å². The maximum Gasteiger partial charge on any atom is 0.279 e. The molecule has 1 N–H and O–H groups in total. The van der Waals surface area contributed by atoms with Gasteiger partial charge in [-0.15, -0.1) is 0 Å². The van der Waals surface area contributed by atoms with E-state index in [9.17, 15) is 8.42 Å². The molecule has 6 nitrogen and oxygen atoms in total. The summed E-state index contributed by atoms with van der Waals surface area (Å²) in [6.07, 6.45) is 6.43. The molecule has 1 aromatic heterocycles. The van der Waals surface area contributed by atoms with E-state index in [-0.39, 0.29) is 6.04 Å². The Hall–Kier alpha value is -0.920. The van der Waals surface area contributed by atoms with Crippen LogP contribution in [0.4, 0.5) is 0 Å². The number of aromatic nitrogens is 2. The molecule has 0 amide bonds. The molecule has 0 fully saturated rings. The molecular formula is C13H24N4O2S. The van der Waals surface area contributed by atoms with Gasteiger partial charge in [-0.1, -0.05) is 13.3 Å². The van der Waals surface area contributed by atoms with Crippen LogP contribution in [0.3, 0.4) is 0 Å². The lowest BCUT2D eigenvalue weighted by Crippen LogP contribution is -2.41. The fraction of sp³-hybridized carbons (Fsp3) is 0.769. The Morgan fingerprint density at radius 2 is 2.30 bits per heavy atom. The summed E-state index contributed by atoms with van der Waals surface area (Å²) in [5.41, 5.74) is 2.16. The second-order valence-corrected chi connectivity index (χ2v) is 7.22. The maximum absolute atomic E-state index is 12.3. The largest absolute Gasteiger partial charge is 0.279 e. The van der Waals surface area contributed by atoms with E-state index in [1.165, 1.54) is 4.31 Å². The Labute approximate surface area is 121 Å². The molecular weight excluding hydrogens is 276 g/mol. The lowest BCUT2D eigenvalue weighted by atomic mass is 9.94. The zero-order valence-electron chi connectivity index (χ0n) is 12.5. The van der Waals surface area contributed by atoms with E-state index in [4.69, 9.17) is 0 Å². The molecule has 1 aliphatic carbocycles. The number of aryl methyl sites for hydroxylation is 1.